The number of hydrogen-bond acceptors (Lipinski definition) is 2. The van der Waals surface area contributed by atoms with Gasteiger partial charge in [-0.05, 0) is 62.7 Å². The van der Waals surface area contributed by atoms with Crippen molar-refractivity contribution < 1.29 is 0 Å². The maximum absolute atomic E-state index is 4.24. The molecule has 1 aromatic heterocycles. The van der Waals surface area contributed by atoms with Crippen molar-refractivity contribution in [3.8, 4) is 0 Å². The lowest BCUT2D eigenvalue weighted by Crippen LogP contribution is -2.27. The van der Waals surface area contributed by atoms with Crippen LogP contribution >= 0.6 is 0 Å². The summed E-state index contributed by atoms with van der Waals surface area (Å²) in [7, 11) is 0. The molecule has 0 spiro atoms. The molecule has 2 nitrogen and oxygen atoms in total. The van der Waals surface area contributed by atoms with E-state index < -0.39 is 0 Å². The highest BCUT2D eigenvalue weighted by Crippen LogP contribution is 2.18. The lowest BCUT2D eigenvalue weighted by Gasteiger charge is -2.22. The molecule has 0 aliphatic carbocycles. The molecule has 0 saturated carbocycles. The molecule has 1 aliphatic rings. The molecule has 2 rings (SSSR count). The third kappa shape index (κ3) is 3.31. The highest BCUT2D eigenvalue weighted by Gasteiger charge is 2.12. The van der Waals surface area contributed by atoms with Gasteiger partial charge in [0.15, 0.2) is 0 Å². The van der Waals surface area contributed by atoms with Gasteiger partial charge in [0.05, 0.1) is 0 Å². The standard InChI is InChI=1S/C13H20N2/c1-11-8-13(10-15-9-11)3-2-12-4-6-14-7-5-12/h8-10,12,14H,2-7H2,1H3. The SMILES string of the molecule is Cc1cncc(CCC2CCNCC2)c1. The van der Waals surface area contributed by atoms with Crippen LogP contribution in [0.1, 0.15) is 30.4 Å². The van der Waals surface area contributed by atoms with E-state index in [1.54, 1.807) is 0 Å². The van der Waals surface area contributed by atoms with Crippen LogP contribution in [0.25, 0.3) is 0 Å². The van der Waals surface area contributed by atoms with Crippen LogP contribution in [0.3, 0.4) is 0 Å². The van der Waals surface area contributed by atoms with Gasteiger partial charge in [-0.25, -0.2) is 0 Å². The number of aromatic nitrogens is 1. The first-order chi connectivity index (χ1) is 7.34. The number of piperidine rings is 1. The van der Waals surface area contributed by atoms with Crippen LogP contribution in [-0.4, -0.2) is 18.1 Å². The topological polar surface area (TPSA) is 24.9 Å². The van der Waals surface area contributed by atoms with E-state index in [2.05, 4.69) is 23.3 Å². The maximum atomic E-state index is 4.24. The van der Waals surface area contributed by atoms with E-state index in [9.17, 15) is 0 Å². The number of nitrogens with one attached hydrogen (secondary N) is 1. The van der Waals surface area contributed by atoms with Crippen molar-refractivity contribution in [1.82, 2.24) is 10.3 Å². The van der Waals surface area contributed by atoms with Gasteiger partial charge in [-0.3, -0.25) is 4.98 Å². The van der Waals surface area contributed by atoms with Gasteiger partial charge < -0.3 is 5.32 Å². The molecule has 1 N–H and O–H groups in total. The second kappa shape index (κ2) is 5.26. The molecule has 0 radical (unpaired) electrons. The van der Waals surface area contributed by atoms with E-state index in [4.69, 9.17) is 0 Å². The first-order valence-electron chi connectivity index (χ1n) is 5.96. The molecule has 1 fully saturated rings. The molecule has 1 saturated heterocycles. The van der Waals surface area contributed by atoms with Gasteiger partial charge in [-0.15, -0.1) is 0 Å². The molecule has 0 bridgehead atoms. The Morgan fingerprint density at radius 3 is 2.87 bits per heavy atom. The van der Waals surface area contributed by atoms with Gasteiger partial charge in [-0.2, -0.15) is 0 Å². The summed E-state index contributed by atoms with van der Waals surface area (Å²) in [5.41, 5.74) is 2.67. The number of aryl methyl sites for hydroxylation is 2. The monoisotopic (exact) mass is 204 g/mol. The van der Waals surface area contributed by atoms with Gasteiger partial charge in [0.25, 0.3) is 0 Å². The lowest BCUT2D eigenvalue weighted by molar-refractivity contribution is 0.354. The predicted molar refractivity (Wildman–Crippen MR) is 62.9 cm³/mol. The van der Waals surface area contributed by atoms with Crippen LogP contribution in [0.4, 0.5) is 0 Å². The van der Waals surface area contributed by atoms with Crippen molar-refractivity contribution in [2.45, 2.75) is 32.6 Å². The van der Waals surface area contributed by atoms with Gasteiger partial charge in [0.2, 0.25) is 0 Å². The Hall–Kier alpha value is -0.890. The van der Waals surface area contributed by atoms with Crippen molar-refractivity contribution in [2.75, 3.05) is 13.1 Å². The van der Waals surface area contributed by atoms with Crippen LogP contribution < -0.4 is 5.32 Å². The quantitative estimate of drug-likeness (QED) is 0.817. The van der Waals surface area contributed by atoms with Crippen LogP contribution in [0.2, 0.25) is 0 Å². The number of rotatable bonds is 3. The predicted octanol–water partition coefficient (Wildman–Crippen LogP) is 2.32. The van der Waals surface area contributed by atoms with Crippen molar-refractivity contribution in [1.29, 1.82) is 0 Å². The first-order valence-corrected chi connectivity index (χ1v) is 5.96. The smallest absolute Gasteiger partial charge is 0.0300 e. The zero-order chi connectivity index (χ0) is 10.5. The maximum Gasteiger partial charge on any atom is 0.0300 e. The van der Waals surface area contributed by atoms with E-state index in [-0.39, 0.29) is 0 Å². The molecular formula is C13H20N2. The Morgan fingerprint density at radius 1 is 1.33 bits per heavy atom. The molecule has 82 valence electrons. The molecule has 1 aliphatic heterocycles. The van der Waals surface area contributed by atoms with Crippen molar-refractivity contribution in [3.05, 3.63) is 29.6 Å². The van der Waals surface area contributed by atoms with Gasteiger partial charge >= 0.3 is 0 Å². The summed E-state index contributed by atoms with van der Waals surface area (Å²) in [4.78, 5) is 4.24. The minimum atomic E-state index is 0.923. The van der Waals surface area contributed by atoms with E-state index >= 15 is 0 Å². The molecule has 0 unspecified atom stereocenters. The average Bonchev–Trinajstić information content (AvgIpc) is 2.28. The zero-order valence-corrected chi connectivity index (χ0v) is 9.50. The minimum Gasteiger partial charge on any atom is -0.317 e. The molecule has 2 heterocycles. The molecule has 0 atom stereocenters. The minimum absolute atomic E-state index is 0.923. The summed E-state index contributed by atoms with van der Waals surface area (Å²) >= 11 is 0. The summed E-state index contributed by atoms with van der Waals surface area (Å²) in [6.07, 6.45) is 9.15. The molecular weight excluding hydrogens is 184 g/mol. The van der Waals surface area contributed by atoms with E-state index in [1.807, 2.05) is 12.4 Å². The Labute approximate surface area is 92.1 Å². The van der Waals surface area contributed by atoms with E-state index in [0.29, 0.717) is 0 Å². The molecule has 15 heavy (non-hydrogen) atoms. The van der Waals surface area contributed by atoms with E-state index in [1.165, 1.54) is 49.9 Å². The first kappa shape index (κ1) is 10.6. The van der Waals surface area contributed by atoms with Crippen molar-refractivity contribution in [3.63, 3.8) is 0 Å². The third-order valence-corrected chi connectivity index (χ3v) is 3.23. The Kier molecular flexibility index (Phi) is 3.73. The zero-order valence-electron chi connectivity index (χ0n) is 9.50. The number of pyridine rings is 1. The summed E-state index contributed by atoms with van der Waals surface area (Å²) in [6, 6.07) is 2.26. The number of hydrogen-bond donors (Lipinski definition) is 1. The summed E-state index contributed by atoms with van der Waals surface area (Å²) < 4.78 is 0. The van der Waals surface area contributed by atoms with Crippen molar-refractivity contribution in [2.24, 2.45) is 5.92 Å². The van der Waals surface area contributed by atoms with Crippen LogP contribution in [0, 0.1) is 12.8 Å². The number of nitrogens with zero attached hydrogens (tertiary/aromatic N) is 1. The summed E-state index contributed by atoms with van der Waals surface area (Å²) in [5.74, 6) is 0.923. The Bertz CT molecular complexity index is 303. The Balaban J connectivity index is 1.81. The van der Waals surface area contributed by atoms with Crippen molar-refractivity contribution >= 4 is 0 Å². The van der Waals surface area contributed by atoms with Crippen LogP contribution in [0.15, 0.2) is 18.5 Å². The van der Waals surface area contributed by atoms with E-state index in [0.717, 1.165) is 5.92 Å². The average molecular weight is 204 g/mol. The summed E-state index contributed by atoms with van der Waals surface area (Å²) in [6.45, 7) is 4.52. The largest absolute Gasteiger partial charge is 0.317 e. The normalized spacial score (nSPS) is 17.9. The lowest BCUT2D eigenvalue weighted by atomic mass is 9.91. The molecule has 0 aromatic carbocycles. The fourth-order valence-electron chi connectivity index (χ4n) is 2.30. The third-order valence-electron chi connectivity index (χ3n) is 3.23. The fourth-order valence-corrected chi connectivity index (χ4v) is 2.30. The van der Waals surface area contributed by atoms with Crippen LogP contribution in [-0.2, 0) is 6.42 Å². The fraction of sp³-hybridized carbons (Fsp3) is 0.615. The highest BCUT2D eigenvalue weighted by molar-refractivity contribution is 5.16. The second-order valence-corrected chi connectivity index (χ2v) is 4.60. The highest BCUT2D eigenvalue weighted by atomic mass is 14.9. The second-order valence-electron chi connectivity index (χ2n) is 4.60. The van der Waals surface area contributed by atoms with Gasteiger partial charge in [-0.1, -0.05) is 6.07 Å². The van der Waals surface area contributed by atoms with Gasteiger partial charge in [0, 0.05) is 12.4 Å². The molecule has 2 heteroatoms. The molecule has 0 amide bonds. The van der Waals surface area contributed by atoms with Crippen LogP contribution in [0.5, 0.6) is 0 Å². The Morgan fingerprint density at radius 2 is 2.13 bits per heavy atom. The molecule has 1 aromatic rings. The van der Waals surface area contributed by atoms with Gasteiger partial charge in [0.1, 0.15) is 0 Å². The summed E-state index contributed by atoms with van der Waals surface area (Å²) in [5, 5.41) is 3.41.